The van der Waals surface area contributed by atoms with Crippen LogP contribution in [0.2, 0.25) is 5.02 Å². The number of amides is 1. The minimum absolute atomic E-state index is 0.0916. The zero-order valence-electron chi connectivity index (χ0n) is 14.1. The highest BCUT2D eigenvalue weighted by Gasteiger charge is 2.27. The number of carbonyl (C=O) groups excluding carboxylic acids is 1. The normalized spacial score (nSPS) is 11.0. The van der Waals surface area contributed by atoms with E-state index in [1.54, 1.807) is 24.3 Å². The summed E-state index contributed by atoms with van der Waals surface area (Å²) in [4.78, 5) is 12.0. The predicted octanol–water partition coefficient (Wildman–Crippen LogP) is 2.60. The first-order chi connectivity index (χ1) is 11.8. The highest BCUT2D eigenvalue weighted by atomic mass is 35.5. The molecule has 0 unspecified atom stereocenters. The first-order valence-electron chi connectivity index (χ1n) is 7.43. The summed E-state index contributed by atoms with van der Waals surface area (Å²) in [5.41, 5.74) is 1.21. The molecule has 25 heavy (non-hydrogen) atoms. The van der Waals surface area contributed by atoms with Crippen LogP contribution in [-0.4, -0.2) is 35.0 Å². The topological polar surface area (TPSA) is 75.7 Å². The number of benzene rings is 2. The van der Waals surface area contributed by atoms with Crippen molar-refractivity contribution in [1.82, 2.24) is 5.32 Å². The lowest BCUT2D eigenvalue weighted by Crippen LogP contribution is -2.39. The second-order valence-corrected chi connectivity index (χ2v) is 7.59. The Morgan fingerprint density at radius 1 is 1.20 bits per heavy atom. The van der Waals surface area contributed by atoms with Crippen LogP contribution in [0.3, 0.4) is 0 Å². The Labute approximate surface area is 152 Å². The maximum atomic E-state index is 13.0. The van der Waals surface area contributed by atoms with Crippen LogP contribution in [0.1, 0.15) is 5.56 Å². The summed E-state index contributed by atoms with van der Waals surface area (Å²) in [5, 5.41) is 2.68. The van der Waals surface area contributed by atoms with Gasteiger partial charge >= 0.3 is 0 Å². The van der Waals surface area contributed by atoms with E-state index in [1.807, 2.05) is 6.92 Å². The Hall–Kier alpha value is -2.25. The van der Waals surface area contributed by atoms with Crippen LogP contribution >= 0.6 is 11.6 Å². The van der Waals surface area contributed by atoms with Crippen LogP contribution in [0.4, 0.5) is 5.69 Å². The second kappa shape index (κ2) is 7.76. The molecule has 134 valence electrons. The number of sulfonamides is 1. The number of ether oxygens (including phenoxy) is 1. The minimum atomic E-state index is -3.94. The van der Waals surface area contributed by atoms with Crippen molar-refractivity contribution in [2.24, 2.45) is 0 Å². The maximum Gasteiger partial charge on any atom is 0.264 e. The fourth-order valence-electron chi connectivity index (χ4n) is 2.17. The molecule has 0 aliphatic rings. The van der Waals surface area contributed by atoms with E-state index in [1.165, 1.54) is 32.4 Å². The second-order valence-electron chi connectivity index (χ2n) is 5.32. The van der Waals surface area contributed by atoms with Crippen LogP contribution in [0.5, 0.6) is 5.75 Å². The predicted molar refractivity (Wildman–Crippen MR) is 97.8 cm³/mol. The summed E-state index contributed by atoms with van der Waals surface area (Å²) in [7, 11) is -1.03. The molecule has 0 spiro atoms. The van der Waals surface area contributed by atoms with Gasteiger partial charge in [0.05, 0.1) is 22.7 Å². The quantitative estimate of drug-likeness (QED) is 0.833. The van der Waals surface area contributed by atoms with E-state index >= 15 is 0 Å². The molecule has 2 aromatic carbocycles. The maximum absolute atomic E-state index is 13.0. The fraction of sp³-hybridized carbons (Fsp3) is 0.235. The molecule has 0 aliphatic carbocycles. The number of methoxy groups -OCH3 is 1. The molecular weight excluding hydrogens is 364 g/mol. The van der Waals surface area contributed by atoms with E-state index in [4.69, 9.17) is 16.3 Å². The van der Waals surface area contributed by atoms with Gasteiger partial charge in [-0.1, -0.05) is 29.3 Å². The third-order valence-electron chi connectivity index (χ3n) is 3.60. The number of rotatable bonds is 6. The molecule has 6 nitrogen and oxygen atoms in total. The first kappa shape index (κ1) is 19.1. The van der Waals surface area contributed by atoms with Gasteiger partial charge in [0.15, 0.2) is 0 Å². The minimum Gasteiger partial charge on any atom is -0.495 e. The zero-order valence-corrected chi connectivity index (χ0v) is 15.7. The molecule has 1 N–H and O–H groups in total. The van der Waals surface area contributed by atoms with Crippen molar-refractivity contribution in [3.05, 3.63) is 53.1 Å². The Morgan fingerprint density at radius 2 is 1.84 bits per heavy atom. The van der Waals surface area contributed by atoms with E-state index in [0.29, 0.717) is 5.75 Å². The van der Waals surface area contributed by atoms with Crippen LogP contribution < -0.4 is 14.4 Å². The van der Waals surface area contributed by atoms with Crippen molar-refractivity contribution in [3.8, 4) is 5.75 Å². The molecule has 0 radical (unpaired) electrons. The Bertz CT molecular complexity index is 867. The lowest BCUT2D eigenvalue weighted by atomic mass is 10.2. The van der Waals surface area contributed by atoms with Crippen molar-refractivity contribution < 1.29 is 17.9 Å². The summed E-state index contributed by atoms with van der Waals surface area (Å²) in [6, 6.07) is 11.0. The highest BCUT2D eigenvalue weighted by molar-refractivity contribution is 7.92. The summed E-state index contributed by atoms with van der Waals surface area (Å²) >= 11 is 6.11. The molecule has 0 aliphatic heterocycles. The lowest BCUT2D eigenvalue weighted by Gasteiger charge is -2.24. The van der Waals surface area contributed by atoms with Gasteiger partial charge in [-0.25, -0.2) is 8.42 Å². The summed E-state index contributed by atoms with van der Waals surface area (Å²) in [6.45, 7) is 1.50. The number of aryl methyl sites for hydroxylation is 1. The van der Waals surface area contributed by atoms with Gasteiger partial charge in [-0.3, -0.25) is 9.10 Å². The molecule has 0 bridgehead atoms. The number of hydrogen-bond acceptors (Lipinski definition) is 4. The zero-order chi connectivity index (χ0) is 18.6. The monoisotopic (exact) mass is 382 g/mol. The highest BCUT2D eigenvalue weighted by Crippen LogP contribution is 2.31. The Morgan fingerprint density at radius 3 is 2.36 bits per heavy atom. The van der Waals surface area contributed by atoms with Gasteiger partial charge in [0.25, 0.3) is 10.0 Å². The van der Waals surface area contributed by atoms with Gasteiger partial charge in [0.2, 0.25) is 5.91 Å². The fourth-order valence-corrected chi connectivity index (χ4v) is 3.84. The van der Waals surface area contributed by atoms with Gasteiger partial charge in [0, 0.05) is 7.05 Å². The Balaban J connectivity index is 2.53. The average molecular weight is 383 g/mol. The number of likely N-dealkylation sites (N-methyl/N-ethyl adjacent to an activating group) is 1. The van der Waals surface area contributed by atoms with E-state index in [9.17, 15) is 13.2 Å². The molecule has 1 amide bonds. The number of nitrogens with zero attached hydrogens (tertiary/aromatic N) is 1. The van der Waals surface area contributed by atoms with Gasteiger partial charge in [0.1, 0.15) is 12.3 Å². The Kier molecular flexibility index (Phi) is 5.92. The number of halogens is 1. The van der Waals surface area contributed by atoms with E-state index in [2.05, 4.69) is 5.32 Å². The lowest BCUT2D eigenvalue weighted by molar-refractivity contribution is -0.119. The third-order valence-corrected chi connectivity index (χ3v) is 5.68. The largest absolute Gasteiger partial charge is 0.495 e. The molecular formula is C17H19ClN2O4S. The van der Waals surface area contributed by atoms with Gasteiger partial charge in [-0.05, 0) is 37.3 Å². The van der Waals surface area contributed by atoms with Crippen LogP contribution in [-0.2, 0) is 14.8 Å². The van der Waals surface area contributed by atoms with Gasteiger partial charge in [-0.15, -0.1) is 0 Å². The average Bonchev–Trinajstić information content (AvgIpc) is 2.59. The van der Waals surface area contributed by atoms with Crippen LogP contribution in [0.15, 0.2) is 47.4 Å². The van der Waals surface area contributed by atoms with Crippen LogP contribution in [0, 0.1) is 6.92 Å². The van der Waals surface area contributed by atoms with Crippen molar-refractivity contribution in [2.75, 3.05) is 25.0 Å². The van der Waals surface area contributed by atoms with Gasteiger partial charge < -0.3 is 10.1 Å². The first-order valence-corrected chi connectivity index (χ1v) is 9.25. The number of anilines is 1. The van der Waals surface area contributed by atoms with Crippen molar-refractivity contribution in [1.29, 1.82) is 0 Å². The summed E-state index contributed by atoms with van der Waals surface area (Å²) in [6.07, 6.45) is 0. The van der Waals surface area contributed by atoms with Crippen molar-refractivity contribution in [3.63, 3.8) is 0 Å². The SMILES string of the molecule is CNC(=O)CN(c1ccc(OC)c(Cl)c1)S(=O)(=O)c1ccc(C)cc1. The third kappa shape index (κ3) is 4.24. The molecule has 0 aromatic heterocycles. The van der Waals surface area contributed by atoms with Crippen LogP contribution in [0.25, 0.3) is 0 Å². The molecule has 2 rings (SSSR count). The molecule has 0 fully saturated rings. The smallest absolute Gasteiger partial charge is 0.264 e. The molecule has 0 saturated carbocycles. The molecule has 2 aromatic rings. The standard InChI is InChI=1S/C17H19ClN2O4S/c1-12-4-7-14(8-5-12)25(22,23)20(11-17(21)19-2)13-6-9-16(24-3)15(18)10-13/h4-10H,11H2,1-3H3,(H,19,21). The van der Waals surface area contributed by atoms with E-state index in [-0.39, 0.29) is 22.2 Å². The molecule has 8 heteroatoms. The number of hydrogen-bond donors (Lipinski definition) is 1. The van der Waals surface area contributed by atoms with Crippen molar-refractivity contribution in [2.45, 2.75) is 11.8 Å². The van der Waals surface area contributed by atoms with Gasteiger partial charge in [-0.2, -0.15) is 0 Å². The molecule has 0 saturated heterocycles. The summed E-state index contributed by atoms with van der Waals surface area (Å²) in [5.74, 6) is -0.0272. The number of nitrogens with one attached hydrogen (secondary N) is 1. The molecule has 0 atom stereocenters. The molecule has 0 heterocycles. The van der Waals surface area contributed by atoms with Crippen molar-refractivity contribution >= 4 is 33.2 Å². The summed E-state index contributed by atoms with van der Waals surface area (Å²) < 4.78 is 32.2. The van der Waals surface area contributed by atoms with E-state index < -0.39 is 15.9 Å². The van der Waals surface area contributed by atoms with E-state index in [0.717, 1.165) is 9.87 Å². The number of carbonyl (C=O) groups is 1.